The molecule has 4 aromatic rings. The zero-order valence-electron chi connectivity index (χ0n) is 18.4. The summed E-state index contributed by atoms with van der Waals surface area (Å²) in [7, 11) is 2.13. The van der Waals surface area contributed by atoms with Gasteiger partial charge in [0, 0.05) is 41.1 Å². The summed E-state index contributed by atoms with van der Waals surface area (Å²) in [6.45, 7) is 5.72. The van der Waals surface area contributed by atoms with E-state index >= 15 is 0 Å². The SMILES string of the molecule is Cc1cc(Nc2cccc(OCCN(C)C(C)c3ccccc3)c2)c2ccccc2n1. The molecule has 1 heterocycles. The Hall–Kier alpha value is -3.37. The zero-order valence-corrected chi connectivity index (χ0v) is 18.4. The van der Waals surface area contributed by atoms with E-state index in [9.17, 15) is 0 Å². The lowest BCUT2D eigenvalue weighted by Gasteiger charge is -2.25. The molecule has 0 saturated carbocycles. The van der Waals surface area contributed by atoms with E-state index in [4.69, 9.17) is 4.74 Å². The molecule has 0 amide bonds. The Balaban J connectivity index is 1.39. The summed E-state index contributed by atoms with van der Waals surface area (Å²) >= 11 is 0. The fourth-order valence-electron chi connectivity index (χ4n) is 3.72. The van der Waals surface area contributed by atoms with Gasteiger partial charge >= 0.3 is 0 Å². The maximum absolute atomic E-state index is 6.06. The first-order chi connectivity index (χ1) is 15.1. The van der Waals surface area contributed by atoms with Crippen LogP contribution in [0.5, 0.6) is 5.75 Å². The van der Waals surface area contributed by atoms with Gasteiger partial charge in [-0.3, -0.25) is 9.88 Å². The highest BCUT2D eigenvalue weighted by Crippen LogP contribution is 2.28. The highest BCUT2D eigenvalue weighted by molar-refractivity contribution is 5.93. The molecule has 1 aromatic heterocycles. The van der Waals surface area contributed by atoms with Gasteiger partial charge in [-0.2, -0.15) is 0 Å². The predicted octanol–water partition coefficient (Wildman–Crippen LogP) is 6.36. The predicted molar refractivity (Wildman–Crippen MR) is 129 cm³/mol. The molecule has 0 radical (unpaired) electrons. The minimum absolute atomic E-state index is 0.348. The number of rotatable bonds is 8. The van der Waals surface area contributed by atoms with Crippen LogP contribution in [0.15, 0.2) is 84.9 Å². The Morgan fingerprint density at radius 2 is 1.71 bits per heavy atom. The van der Waals surface area contributed by atoms with Crippen LogP contribution < -0.4 is 10.1 Å². The van der Waals surface area contributed by atoms with Crippen molar-refractivity contribution >= 4 is 22.3 Å². The van der Waals surface area contributed by atoms with E-state index < -0.39 is 0 Å². The smallest absolute Gasteiger partial charge is 0.121 e. The van der Waals surface area contributed by atoms with Gasteiger partial charge in [0.05, 0.1) is 5.52 Å². The molecule has 4 heteroatoms. The average Bonchev–Trinajstić information content (AvgIpc) is 2.79. The molecule has 0 aliphatic rings. The fraction of sp³-hybridized carbons (Fsp3) is 0.222. The number of para-hydroxylation sites is 1. The van der Waals surface area contributed by atoms with Gasteiger partial charge in [0.1, 0.15) is 12.4 Å². The lowest BCUT2D eigenvalue weighted by Crippen LogP contribution is -2.27. The summed E-state index contributed by atoms with van der Waals surface area (Å²) < 4.78 is 6.06. The normalized spacial score (nSPS) is 12.1. The van der Waals surface area contributed by atoms with Crippen LogP contribution in [0.1, 0.15) is 24.2 Å². The van der Waals surface area contributed by atoms with E-state index in [0.717, 1.165) is 40.3 Å². The molecule has 0 bridgehead atoms. The van der Waals surface area contributed by atoms with Crippen LogP contribution in [0.2, 0.25) is 0 Å². The molecule has 158 valence electrons. The molecule has 1 unspecified atom stereocenters. The van der Waals surface area contributed by atoms with Gasteiger partial charge in [-0.25, -0.2) is 0 Å². The summed E-state index contributed by atoms with van der Waals surface area (Å²) in [5.41, 5.74) is 5.35. The third-order valence-electron chi connectivity index (χ3n) is 5.61. The molecule has 0 saturated heterocycles. The monoisotopic (exact) mass is 411 g/mol. The Kier molecular flexibility index (Phi) is 6.48. The van der Waals surface area contributed by atoms with Crippen molar-refractivity contribution in [2.24, 2.45) is 0 Å². The number of benzene rings is 3. The minimum atomic E-state index is 0.348. The van der Waals surface area contributed by atoms with E-state index in [1.165, 1.54) is 5.56 Å². The third kappa shape index (κ3) is 5.22. The van der Waals surface area contributed by atoms with Gasteiger partial charge in [-0.1, -0.05) is 54.6 Å². The summed E-state index contributed by atoms with van der Waals surface area (Å²) in [6, 6.07) is 29.3. The van der Waals surface area contributed by atoms with Crippen molar-refractivity contribution < 1.29 is 4.74 Å². The van der Waals surface area contributed by atoms with Gasteiger partial charge < -0.3 is 10.1 Å². The van der Waals surface area contributed by atoms with Gasteiger partial charge in [0.25, 0.3) is 0 Å². The standard InChI is InChI=1S/C27H29N3O/c1-20-18-27(25-14-7-8-15-26(25)28-20)29-23-12-9-13-24(19-23)31-17-16-30(3)21(2)22-10-5-4-6-11-22/h4-15,18-19,21H,16-17H2,1-3H3,(H,28,29). The van der Waals surface area contributed by atoms with E-state index in [-0.39, 0.29) is 0 Å². The van der Waals surface area contributed by atoms with Gasteiger partial charge in [0.2, 0.25) is 0 Å². The lowest BCUT2D eigenvalue weighted by molar-refractivity contribution is 0.201. The third-order valence-corrected chi connectivity index (χ3v) is 5.61. The number of nitrogens with one attached hydrogen (secondary N) is 1. The van der Waals surface area contributed by atoms with Crippen molar-refractivity contribution in [3.05, 3.63) is 96.2 Å². The molecule has 0 fully saturated rings. The summed E-state index contributed by atoms with van der Waals surface area (Å²) in [6.07, 6.45) is 0. The Morgan fingerprint density at radius 3 is 2.55 bits per heavy atom. The second kappa shape index (κ2) is 9.63. The first-order valence-electron chi connectivity index (χ1n) is 10.7. The van der Waals surface area contributed by atoms with Crippen LogP contribution in [-0.4, -0.2) is 30.1 Å². The van der Waals surface area contributed by atoms with Gasteiger partial charge in [-0.15, -0.1) is 0 Å². The van der Waals surface area contributed by atoms with Crippen LogP contribution in [-0.2, 0) is 0 Å². The number of aryl methyl sites for hydroxylation is 1. The van der Waals surface area contributed by atoms with Crippen molar-refractivity contribution in [3.8, 4) is 5.75 Å². The lowest BCUT2D eigenvalue weighted by atomic mass is 10.1. The maximum Gasteiger partial charge on any atom is 0.121 e. The van der Waals surface area contributed by atoms with Crippen molar-refractivity contribution in [3.63, 3.8) is 0 Å². The van der Waals surface area contributed by atoms with E-state index in [1.807, 2.05) is 43.3 Å². The Bertz CT molecular complexity index is 1140. The number of ether oxygens (including phenoxy) is 1. The molecule has 0 spiro atoms. The molecule has 1 atom stereocenters. The average molecular weight is 412 g/mol. The second-order valence-electron chi connectivity index (χ2n) is 7.90. The Labute approximate surface area is 184 Å². The number of anilines is 2. The first kappa shape index (κ1) is 20.9. The number of nitrogens with zero attached hydrogens (tertiary/aromatic N) is 2. The van der Waals surface area contributed by atoms with Crippen LogP contribution in [0.25, 0.3) is 10.9 Å². The van der Waals surface area contributed by atoms with E-state index in [2.05, 4.69) is 77.7 Å². The number of aromatic nitrogens is 1. The summed E-state index contributed by atoms with van der Waals surface area (Å²) in [4.78, 5) is 6.93. The number of hydrogen-bond donors (Lipinski definition) is 1. The van der Waals surface area contributed by atoms with Crippen LogP contribution >= 0.6 is 0 Å². The highest BCUT2D eigenvalue weighted by Gasteiger charge is 2.11. The highest BCUT2D eigenvalue weighted by atomic mass is 16.5. The molecule has 0 aliphatic heterocycles. The maximum atomic E-state index is 6.06. The fourth-order valence-corrected chi connectivity index (χ4v) is 3.72. The van der Waals surface area contributed by atoms with Crippen molar-refractivity contribution in [2.75, 3.05) is 25.5 Å². The minimum Gasteiger partial charge on any atom is -0.492 e. The summed E-state index contributed by atoms with van der Waals surface area (Å²) in [5, 5.41) is 4.64. The number of fused-ring (bicyclic) bond motifs is 1. The second-order valence-corrected chi connectivity index (χ2v) is 7.90. The molecule has 4 nitrogen and oxygen atoms in total. The zero-order chi connectivity index (χ0) is 21.6. The molecule has 1 N–H and O–H groups in total. The van der Waals surface area contributed by atoms with Crippen LogP contribution in [0.4, 0.5) is 11.4 Å². The topological polar surface area (TPSA) is 37.4 Å². The number of pyridine rings is 1. The molecule has 31 heavy (non-hydrogen) atoms. The van der Waals surface area contributed by atoms with E-state index in [1.54, 1.807) is 0 Å². The molecule has 3 aromatic carbocycles. The quantitative estimate of drug-likeness (QED) is 0.366. The van der Waals surface area contributed by atoms with Crippen molar-refractivity contribution in [2.45, 2.75) is 19.9 Å². The largest absolute Gasteiger partial charge is 0.492 e. The molecule has 4 rings (SSSR count). The first-order valence-corrected chi connectivity index (χ1v) is 10.7. The molecular weight excluding hydrogens is 382 g/mol. The van der Waals surface area contributed by atoms with Crippen LogP contribution in [0.3, 0.4) is 0 Å². The molecule has 0 aliphatic carbocycles. The molecular formula is C27H29N3O. The van der Waals surface area contributed by atoms with Gasteiger partial charge in [0.15, 0.2) is 0 Å². The van der Waals surface area contributed by atoms with Crippen LogP contribution in [0, 0.1) is 6.92 Å². The van der Waals surface area contributed by atoms with E-state index in [0.29, 0.717) is 12.6 Å². The summed E-state index contributed by atoms with van der Waals surface area (Å²) in [5.74, 6) is 0.862. The Morgan fingerprint density at radius 1 is 0.935 bits per heavy atom. The van der Waals surface area contributed by atoms with Crippen molar-refractivity contribution in [1.29, 1.82) is 0 Å². The van der Waals surface area contributed by atoms with Gasteiger partial charge in [-0.05, 0) is 50.7 Å². The number of likely N-dealkylation sites (N-methyl/N-ethyl adjacent to an activating group) is 1. The van der Waals surface area contributed by atoms with Crippen molar-refractivity contribution in [1.82, 2.24) is 9.88 Å². The number of hydrogen-bond acceptors (Lipinski definition) is 4.